The number of unbranched alkanes of at least 4 members (excludes halogenated alkanes) is 2. The summed E-state index contributed by atoms with van der Waals surface area (Å²) in [6, 6.07) is 14.6. The molecule has 0 bridgehead atoms. The van der Waals surface area contributed by atoms with Crippen LogP contribution in [0.4, 0.5) is 23.7 Å². The van der Waals surface area contributed by atoms with Crippen molar-refractivity contribution in [2.45, 2.75) is 31.9 Å². The van der Waals surface area contributed by atoms with Crippen LogP contribution in [0.3, 0.4) is 0 Å². The third-order valence-corrected chi connectivity index (χ3v) is 5.97. The van der Waals surface area contributed by atoms with Crippen molar-refractivity contribution in [3.63, 3.8) is 0 Å². The number of carboxylic acid groups (broad SMARTS) is 1. The minimum absolute atomic E-state index is 0.104. The number of aromatic nitrogens is 1. The number of alkyl halides is 3. The van der Waals surface area contributed by atoms with Crippen LogP contribution in [0, 0.1) is 0 Å². The van der Waals surface area contributed by atoms with Crippen molar-refractivity contribution in [1.29, 1.82) is 0 Å². The third kappa shape index (κ3) is 7.07. The molecule has 0 saturated heterocycles. The topological polar surface area (TPSA) is 114 Å². The molecule has 0 aliphatic heterocycles. The molecule has 8 nitrogen and oxygen atoms in total. The van der Waals surface area contributed by atoms with Crippen LogP contribution in [0.25, 0.3) is 33.7 Å². The maximum atomic E-state index is 12.9. The van der Waals surface area contributed by atoms with Gasteiger partial charge in [-0.25, -0.2) is 9.78 Å². The van der Waals surface area contributed by atoms with E-state index in [4.69, 9.17) is 14.3 Å². The highest BCUT2D eigenvalue weighted by Crippen LogP contribution is 2.36. The average molecular weight is 542 g/mol. The Kier molecular flexibility index (Phi) is 8.38. The van der Waals surface area contributed by atoms with Gasteiger partial charge in [0.05, 0.1) is 18.2 Å². The Hall–Kier alpha value is -4.54. The van der Waals surface area contributed by atoms with E-state index in [1.54, 1.807) is 36.4 Å². The average Bonchev–Trinajstić information content (AvgIpc) is 3.33. The zero-order valence-electron chi connectivity index (χ0n) is 21.0. The van der Waals surface area contributed by atoms with Crippen molar-refractivity contribution in [2.24, 2.45) is 0 Å². The van der Waals surface area contributed by atoms with Crippen LogP contribution in [0.15, 0.2) is 65.1 Å². The Balaban J connectivity index is 1.48. The number of carbonyl (C=O) groups excluding carboxylic acids is 1. The minimum atomic E-state index is -4.41. The fourth-order valence-corrected chi connectivity index (χ4v) is 3.98. The Labute approximate surface area is 221 Å². The molecule has 4 aromatic rings. The van der Waals surface area contributed by atoms with E-state index in [9.17, 15) is 22.8 Å². The van der Waals surface area contributed by atoms with Gasteiger partial charge in [-0.3, -0.25) is 4.79 Å². The number of hydrogen-bond donors (Lipinski definition) is 3. The minimum Gasteiger partial charge on any atom is -0.496 e. The van der Waals surface area contributed by atoms with Crippen LogP contribution in [0.1, 0.15) is 31.2 Å². The van der Waals surface area contributed by atoms with Crippen LogP contribution in [-0.2, 0) is 11.0 Å². The largest absolute Gasteiger partial charge is 0.496 e. The number of rotatable bonds is 10. The smallest absolute Gasteiger partial charge is 0.416 e. The predicted octanol–water partition coefficient (Wildman–Crippen LogP) is 6.96. The van der Waals surface area contributed by atoms with Crippen molar-refractivity contribution in [3.8, 4) is 28.3 Å². The maximum absolute atomic E-state index is 12.9. The molecule has 0 unspecified atom stereocenters. The maximum Gasteiger partial charge on any atom is 0.416 e. The molecule has 39 heavy (non-hydrogen) atoms. The van der Waals surface area contributed by atoms with Gasteiger partial charge in [0, 0.05) is 18.7 Å². The second kappa shape index (κ2) is 11.9. The molecule has 11 heteroatoms. The summed E-state index contributed by atoms with van der Waals surface area (Å²) in [6.45, 7) is 0.404. The van der Waals surface area contributed by atoms with Gasteiger partial charge in [0.2, 0.25) is 5.89 Å². The number of urea groups is 1. The molecule has 1 aromatic heterocycles. The van der Waals surface area contributed by atoms with Gasteiger partial charge in [-0.05, 0) is 66.4 Å². The first kappa shape index (κ1) is 27.5. The van der Waals surface area contributed by atoms with Gasteiger partial charge in [0.1, 0.15) is 11.3 Å². The van der Waals surface area contributed by atoms with Gasteiger partial charge in [0.15, 0.2) is 5.58 Å². The number of methoxy groups -OCH3 is 1. The van der Waals surface area contributed by atoms with Gasteiger partial charge >= 0.3 is 18.2 Å². The normalized spacial score (nSPS) is 11.4. The molecule has 4 rings (SSSR count). The lowest BCUT2D eigenvalue weighted by atomic mass is 10.0. The lowest BCUT2D eigenvalue weighted by molar-refractivity contribution is -0.138. The molecule has 0 spiro atoms. The zero-order valence-corrected chi connectivity index (χ0v) is 21.0. The molecule has 0 aliphatic rings. The highest BCUT2D eigenvalue weighted by molar-refractivity contribution is 5.91. The number of amides is 2. The lowest BCUT2D eigenvalue weighted by Gasteiger charge is -2.10. The van der Waals surface area contributed by atoms with Crippen molar-refractivity contribution in [1.82, 2.24) is 10.3 Å². The highest BCUT2D eigenvalue weighted by atomic mass is 19.4. The molecule has 0 radical (unpaired) electrons. The van der Waals surface area contributed by atoms with Crippen molar-refractivity contribution >= 4 is 28.8 Å². The summed E-state index contributed by atoms with van der Waals surface area (Å²) in [5, 5.41) is 14.1. The molecule has 0 fully saturated rings. The van der Waals surface area contributed by atoms with Gasteiger partial charge < -0.3 is 24.9 Å². The quantitative estimate of drug-likeness (QED) is 0.187. The molecule has 204 valence electrons. The molecule has 3 aromatic carbocycles. The number of aliphatic carboxylic acids is 1. The molecule has 3 N–H and O–H groups in total. The summed E-state index contributed by atoms with van der Waals surface area (Å²) >= 11 is 0. The number of anilines is 1. The van der Waals surface area contributed by atoms with Gasteiger partial charge in [-0.15, -0.1) is 0 Å². The summed E-state index contributed by atoms with van der Waals surface area (Å²) in [5.41, 5.74) is 2.51. The van der Waals surface area contributed by atoms with Gasteiger partial charge in [0.25, 0.3) is 0 Å². The number of halogens is 3. The number of nitrogens with zero attached hydrogens (tertiary/aromatic N) is 1. The van der Waals surface area contributed by atoms with Crippen LogP contribution >= 0.6 is 0 Å². The Morgan fingerprint density at radius 3 is 2.41 bits per heavy atom. The van der Waals surface area contributed by atoms with E-state index < -0.39 is 23.7 Å². The molecular formula is C28H26F3N3O5. The fraction of sp³-hybridized carbons (Fsp3) is 0.250. The summed E-state index contributed by atoms with van der Waals surface area (Å²) in [6.07, 6.45) is -2.40. The van der Waals surface area contributed by atoms with Crippen LogP contribution in [0.2, 0.25) is 0 Å². The van der Waals surface area contributed by atoms with Crippen LogP contribution in [0.5, 0.6) is 5.75 Å². The van der Waals surface area contributed by atoms with E-state index in [0.717, 1.165) is 12.1 Å². The summed E-state index contributed by atoms with van der Waals surface area (Å²) in [4.78, 5) is 27.4. The lowest BCUT2D eigenvalue weighted by Crippen LogP contribution is -2.29. The van der Waals surface area contributed by atoms with E-state index in [-0.39, 0.29) is 12.3 Å². The summed E-state index contributed by atoms with van der Waals surface area (Å²) < 4.78 is 50.1. The number of fused-ring (bicyclic) bond motifs is 1. The third-order valence-electron chi connectivity index (χ3n) is 5.97. The van der Waals surface area contributed by atoms with E-state index in [2.05, 4.69) is 15.6 Å². The first-order chi connectivity index (χ1) is 18.6. The molecule has 2 amide bonds. The number of hydrogen-bond acceptors (Lipinski definition) is 5. The summed E-state index contributed by atoms with van der Waals surface area (Å²) in [7, 11) is 1.49. The highest BCUT2D eigenvalue weighted by Gasteiger charge is 2.30. The fourth-order valence-electron chi connectivity index (χ4n) is 3.98. The van der Waals surface area contributed by atoms with Crippen molar-refractivity contribution in [3.05, 3.63) is 66.2 Å². The number of carboxylic acids is 1. The molecule has 1 heterocycles. The SMILES string of the molecule is COc1ccc(NC(=O)NCCCCCC(=O)O)cc1-c1nc2cc(-c3ccc(C(F)(F)F)cc3)ccc2o1. The standard InChI is InChI=1S/C28H26F3N3O5/c1-38-23-13-11-20(33-27(37)32-14-4-2-3-5-25(35)36)16-21(23)26-34-22-15-18(8-12-24(22)39-26)17-6-9-19(10-7-17)28(29,30)31/h6-13,15-16H,2-5,14H2,1H3,(H,35,36)(H2,32,33,37). The number of carbonyl (C=O) groups is 2. The number of nitrogens with one attached hydrogen (secondary N) is 2. The molecule has 0 atom stereocenters. The molecule has 0 saturated carbocycles. The number of ether oxygens (including phenoxy) is 1. The van der Waals surface area contributed by atoms with Gasteiger partial charge in [-0.1, -0.05) is 24.6 Å². The Bertz CT molecular complexity index is 1470. The Morgan fingerprint density at radius 1 is 0.974 bits per heavy atom. The Morgan fingerprint density at radius 2 is 1.72 bits per heavy atom. The van der Waals surface area contributed by atoms with E-state index in [1.807, 2.05) is 0 Å². The van der Waals surface area contributed by atoms with Crippen molar-refractivity contribution < 1.29 is 37.0 Å². The van der Waals surface area contributed by atoms with Crippen LogP contribution in [-0.4, -0.2) is 35.7 Å². The summed E-state index contributed by atoms with van der Waals surface area (Å²) in [5.74, 6) is -0.127. The van der Waals surface area contributed by atoms with E-state index >= 15 is 0 Å². The van der Waals surface area contributed by atoms with E-state index in [1.165, 1.54) is 19.2 Å². The first-order valence-corrected chi connectivity index (χ1v) is 12.2. The first-order valence-electron chi connectivity index (χ1n) is 12.2. The van der Waals surface area contributed by atoms with Crippen molar-refractivity contribution in [2.75, 3.05) is 19.0 Å². The van der Waals surface area contributed by atoms with Gasteiger partial charge in [-0.2, -0.15) is 13.2 Å². The number of oxazole rings is 1. The molecule has 0 aliphatic carbocycles. The number of benzene rings is 3. The van der Waals surface area contributed by atoms with E-state index in [0.29, 0.717) is 65.0 Å². The monoisotopic (exact) mass is 541 g/mol. The second-order valence-corrected chi connectivity index (χ2v) is 8.78. The zero-order chi connectivity index (χ0) is 28.0. The predicted molar refractivity (Wildman–Crippen MR) is 140 cm³/mol. The van der Waals surface area contributed by atoms with Crippen LogP contribution < -0.4 is 15.4 Å². The second-order valence-electron chi connectivity index (χ2n) is 8.78. The molecular weight excluding hydrogens is 515 g/mol.